The van der Waals surface area contributed by atoms with Crippen LogP contribution >= 0.6 is 0 Å². The topological polar surface area (TPSA) is 215 Å². The summed E-state index contributed by atoms with van der Waals surface area (Å²) in [5.41, 5.74) is 19.3. The van der Waals surface area contributed by atoms with Crippen LogP contribution in [0.4, 0.5) is 4.79 Å². The summed E-state index contributed by atoms with van der Waals surface area (Å²) in [5.74, 6) is -1.46. The standard InChI is InChI=1S/C26H37N7O3.C2H4O2/c1-2-3-5-18-11-13-21(14-12-18)23(34)33-22(6-4-15-30-25(27)28)24(35)31-16-19-7-9-20(10-8-19)17-32-26(29)36;1-2(3)4/h7-14,22H,2-6,15-17H2,1H3,(H,31,35)(H,33,34)(H4,27,28,30)(H3,29,32,36);1H3,(H,3,4)/t22-;/m1./s1. The molecule has 0 fully saturated rings. The molecule has 0 bridgehead atoms. The average molecular weight is 556 g/mol. The minimum absolute atomic E-state index is 0.0160. The second-order valence-electron chi connectivity index (χ2n) is 9.05. The van der Waals surface area contributed by atoms with Crippen LogP contribution < -0.4 is 33.2 Å². The van der Waals surface area contributed by atoms with Crippen molar-refractivity contribution in [1.82, 2.24) is 16.0 Å². The number of aryl methyl sites for hydroxylation is 1. The quantitative estimate of drug-likeness (QED) is 0.104. The van der Waals surface area contributed by atoms with Crippen molar-refractivity contribution in [3.05, 3.63) is 70.8 Å². The number of amides is 4. The Morgan fingerprint density at radius 1 is 0.850 bits per heavy atom. The Hall–Kier alpha value is -4.61. The molecule has 0 saturated heterocycles. The highest BCUT2D eigenvalue weighted by molar-refractivity contribution is 5.97. The summed E-state index contributed by atoms with van der Waals surface area (Å²) in [6, 6.07) is 13.5. The van der Waals surface area contributed by atoms with Crippen LogP contribution in [0.1, 0.15) is 66.6 Å². The van der Waals surface area contributed by atoms with E-state index in [1.807, 2.05) is 36.4 Å². The van der Waals surface area contributed by atoms with E-state index in [9.17, 15) is 14.4 Å². The van der Waals surface area contributed by atoms with Gasteiger partial charge in [-0.2, -0.15) is 0 Å². The second kappa shape index (κ2) is 18.6. The number of carbonyl (C=O) groups is 4. The second-order valence-corrected chi connectivity index (χ2v) is 9.05. The van der Waals surface area contributed by atoms with E-state index in [4.69, 9.17) is 27.1 Å². The minimum atomic E-state index is -0.833. The molecule has 0 spiro atoms. The monoisotopic (exact) mass is 555 g/mol. The fraction of sp³-hybridized carbons (Fsp3) is 0.393. The first-order valence-electron chi connectivity index (χ1n) is 13.0. The van der Waals surface area contributed by atoms with Gasteiger partial charge in [-0.3, -0.25) is 19.4 Å². The maximum atomic E-state index is 13.0. The third kappa shape index (κ3) is 15.0. The Bertz CT molecular complexity index is 1110. The Labute approximate surface area is 234 Å². The number of nitrogens with one attached hydrogen (secondary N) is 3. The number of carboxylic acids is 1. The normalized spacial score (nSPS) is 10.8. The summed E-state index contributed by atoms with van der Waals surface area (Å²) in [5, 5.41) is 15.7. The molecule has 2 aromatic carbocycles. The highest BCUT2D eigenvalue weighted by atomic mass is 16.4. The Kier molecular flexibility index (Phi) is 15.5. The van der Waals surface area contributed by atoms with Gasteiger partial charge >= 0.3 is 6.03 Å². The van der Waals surface area contributed by atoms with Crippen molar-refractivity contribution in [3.63, 3.8) is 0 Å². The van der Waals surface area contributed by atoms with Gasteiger partial charge in [0.15, 0.2) is 5.96 Å². The Balaban J connectivity index is 0.00000187. The molecule has 0 aliphatic rings. The van der Waals surface area contributed by atoms with Gasteiger partial charge in [0.1, 0.15) is 6.04 Å². The summed E-state index contributed by atoms with van der Waals surface area (Å²) in [6.45, 7) is 4.19. The van der Waals surface area contributed by atoms with Gasteiger partial charge < -0.3 is 38.3 Å². The summed E-state index contributed by atoms with van der Waals surface area (Å²) >= 11 is 0. The van der Waals surface area contributed by atoms with Crippen molar-refractivity contribution in [2.45, 2.75) is 65.1 Å². The third-order valence-corrected chi connectivity index (χ3v) is 5.56. The molecule has 0 heterocycles. The van der Waals surface area contributed by atoms with E-state index in [1.54, 1.807) is 12.1 Å². The zero-order valence-corrected chi connectivity index (χ0v) is 23.1. The Morgan fingerprint density at radius 2 is 1.38 bits per heavy atom. The zero-order chi connectivity index (χ0) is 29.9. The molecule has 0 aliphatic heterocycles. The lowest BCUT2D eigenvalue weighted by atomic mass is 10.1. The summed E-state index contributed by atoms with van der Waals surface area (Å²) in [7, 11) is 0. The number of nitrogens with two attached hydrogens (primary N) is 3. The molecule has 2 rings (SSSR count). The molecule has 10 N–H and O–H groups in total. The Morgan fingerprint density at radius 3 is 1.88 bits per heavy atom. The number of guanidine groups is 1. The molecule has 0 radical (unpaired) electrons. The van der Waals surface area contributed by atoms with Crippen molar-refractivity contribution in [1.29, 1.82) is 0 Å². The number of nitrogens with zero attached hydrogens (tertiary/aromatic N) is 1. The molecule has 12 heteroatoms. The number of benzene rings is 2. The van der Waals surface area contributed by atoms with Crippen molar-refractivity contribution < 1.29 is 24.3 Å². The number of aliphatic imine (C=N–C) groups is 1. The van der Waals surface area contributed by atoms with E-state index in [1.165, 1.54) is 5.56 Å². The maximum Gasteiger partial charge on any atom is 0.312 e. The first-order valence-corrected chi connectivity index (χ1v) is 13.0. The number of hydrogen-bond donors (Lipinski definition) is 7. The van der Waals surface area contributed by atoms with Crippen molar-refractivity contribution in [3.8, 4) is 0 Å². The van der Waals surface area contributed by atoms with E-state index < -0.39 is 18.0 Å². The molecule has 4 amide bonds. The van der Waals surface area contributed by atoms with Crippen LogP contribution in [0, 0.1) is 0 Å². The van der Waals surface area contributed by atoms with Crippen LogP contribution in [0.15, 0.2) is 53.5 Å². The molecule has 0 unspecified atom stereocenters. The molecule has 12 nitrogen and oxygen atoms in total. The van der Waals surface area contributed by atoms with E-state index in [0.717, 1.165) is 37.3 Å². The molecular weight excluding hydrogens is 514 g/mol. The molecular formula is C28H41N7O5. The highest BCUT2D eigenvalue weighted by Gasteiger charge is 2.21. The van der Waals surface area contributed by atoms with Crippen LogP contribution in [-0.4, -0.2) is 47.5 Å². The smallest absolute Gasteiger partial charge is 0.312 e. The number of primary amides is 1. The van der Waals surface area contributed by atoms with E-state index in [-0.39, 0.29) is 24.3 Å². The summed E-state index contributed by atoms with van der Waals surface area (Å²) < 4.78 is 0. The van der Waals surface area contributed by atoms with Gasteiger partial charge in [0.2, 0.25) is 5.91 Å². The predicted octanol–water partition coefficient (Wildman–Crippen LogP) is 1.76. The molecule has 40 heavy (non-hydrogen) atoms. The van der Waals surface area contributed by atoms with E-state index in [2.05, 4.69) is 27.9 Å². The lowest BCUT2D eigenvalue weighted by Crippen LogP contribution is -2.46. The van der Waals surface area contributed by atoms with Gasteiger partial charge in [0.25, 0.3) is 11.9 Å². The number of urea groups is 1. The number of rotatable bonds is 14. The molecule has 0 aliphatic carbocycles. The zero-order valence-electron chi connectivity index (χ0n) is 23.1. The van der Waals surface area contributed by atoms with Crippen LogP contribution in [0.2, 0.25) is 0 Å². The van der Waals surface area contributed by atoms with Crippen LogP contribution in [-0.2, 0) is 29.1 Å². The maximum absolute atomic E-state index is 13.0. The first kappa shape index (κ1) is 33.4. The largest absolute Gasteiger partial charge is 0.481 e. The van der Waals surface area contributed by atoms with E-state index in [0.29, 0.717) is 31.5 Å². The van der Waals surface area contributed by atoms with Gasteiger partial charge in [-0.15, -0.1) is 0 Å². The van der Waals surface area contributed by atoms with Gasteiger partial charge in [-0.25, -0.2) is 4.79 Å². The number of carbonyl (C=O) groups excluding carboxylic acids is 3. The van der Waals surface area contributed by atoms with Crippen molar-refractivity contribution in [2.75, 3.05) is 6.54 Å². The number of unbranched alkanes of at least 4 members (excludes halogenated alkanes) is 1. The summed E-state index contributed by atoms with van der Waals surface area (Å²) in [4.78, 5) is 49.6. The fourth-order valence-electron chi connectivity index (χ4n) is 3.49. The molecule has 1 atom stereocenters. The van der Waals surface area contributed by atoms with E-state index >= 15 is 0 Å². The number of hydrogen-bond acceptors (Lipinski definition) is 5. The predicted molar refractivity (Wildman–Crippen MR) is 154 cm³/mol. The van der Waals surface area contributed by atoms with Gasteiger partial charge in [0, 0.05) is 32.1 Å². The lowest BCUT2D eigenvalue weighted by molar-refractivity contribution is -0.134. The molecule has 0 saturated carbocycles. The number of carboxylic acid groups (broad SMARTS) is 1. The molecule has 2 aromatic rings. The minimum Gasteiger partial charge on any atom is -0.481 e. The molecule has 218 valence electrons. The van der Waals surface area contributed by atoms with Crippen LogP contribution in [0.5, 0.6) is 0 Å². The van der Waals surface area contributed by atoms with Crippen molar-refractivity contribution >= 4 is 29.8 Å². The SMILES string of the molecule is CC(=O)O.CCCCc1ccc(C(=O)N[C@H](CCCN=C(N)N)C(=O)NCc2ccc(CNC(N)=O)cc2)cc1. The van der Waals surface area contributed by atoms with Gasteiger partial charge in [-0.1, -0.05) is 49.7 Å². The van der Waals surface area contributed by atoms with Crippen LogP contribution in [0.25, 0.3) is 0 Å². The third-order valence-electron chi connectivity index (χ3n) is 5.56. The average Bonchev–Trinajstić information content (AvgIpc) is 2.91. The van der Waals surface area contributed by atoms with Crippen LogP contribution in [0.3, 0.4) is 0 Å². The van der Waals surface area contributed by atoms with Gasteiger partial charge in [-0.05, 0) is 54.5 Å². The van der Waals surface area contributed by atoms with Gasteiger partial charge in [0.05, 0.1) is 0 Å². The highest BCUT2D eigenvalue weighted by Crippen LogP contribution is 2.10. The number of aliphatic carboxylic acids is 1. The van der Waals surface area contributed by atoms with Crippen molar-refractivity contribution in [2.24, 2.45) is 22.2 Å². The first-order chi connectivity index (χ1) is 19.0. The molecule has 0 aromatic heterocycles. The summed E-state index contributed by atoms with van der Waals surface area (Å²) in [6.07, 6.45) is 4.07. The fourth-order valence-corrected chi connectivity index (χ4v) is 3.49. The lowest BCUT2D eigenvalue weighted by Gasteiger charge is -2.18.